The molecule has 7 N–H and O–H groups in total. The fourth-order valence-electron chi connectivity index (χ4n) is 1.49. The van der Waals surface area contributed by atoms with E-state index in [1.54, 1.807) is 0 Å². The van der Waals surface area contributed by atoms with Crippen molar-refractivity contribution in [2.45, 2.75) is 32.4 Å². The van der Waals surface area contributed by atoms with Crippen LogP contribution in [0.2, 0.25) is 0 Å². The Balaban J connectivity index is 4.38. The molecule has 0 heterocycles. The summed E-state index contributed by atoms with van der Waals surface area (Å²) in [6, 6.07) is -2.15. The van der Waals surface area contributed by atoms with Gasteiger partial charge in [0.2, 0.25) is 17.7 Å². The maximum absolute atomic E-state index is 11.8. The number of carbonyl (C=O) groups excluding carboxylic acids is 3. The van der Waals surface area contributed by atoms with Crippen LogP contribution in [0.25, 0.3) is 0 Å². The summed E-state index contributed by atoms with van der Waals surface area (Å²) in [5, 5.41) is 13.6. The number of primary amides is 1. The zero-order chi connectivity index (χ0) is 17.3. The second-order valence-electron chi connectivity index (χ2n) is 5.12. The van der Waals surface area contributed by atoms with Crippen LogP contribution in [-0.2, 0) is 19.2 Å². The van der Waals surface area contributed by atoms with Crippen LogP contribution in [0.5, 0.6) is 0 Å². The highest BCUT2D eigenvalue weighted by Gasteiger charge is 2.24. The number of nitrogens with two attached hydrogens (primary N) is 2. The zero-order valence-electron chi connectivity index (χ0n) is 12.5. The van der Waals surface area contributed by atoms with Crippen LogP contribution in [0, 0.1) is 5.92 Å². The van der Waals surface area contributed by atoms with Gasteiger partial charge in [0.05, 0.1) is 0 Å². The summed E-state index contributed by atoms with van der Waals surface area (Å²) in [6.45, 7) is 3.45. The smallest absolute Gasteiger partial charge is 0.326 e. The van der Waals surface area contributed by atoms with E-state index in [1.807, 2.05) is 13.8 Å². The van der Waals surface area contributed by atoms with Crippen LogP contribution >= 0.6 is 0 Å². The van der Waals surface area contributed by atoms with Crippen molar-refractivity contribution in [2.24, 2.45) is 17.4 Å². The highest BCUT2D eigenvalue weighted by atomic mass is 16.4. The molecule has 0 unspecified atom stereocenters. The number of rotatable bonds is 9. The van der Waals surface area contributed by atoms with E-state index in [1.165, 1.54) is 0 Å². The predicted octanol–water partition coefficient (Wildman–Crippen LogP) is -1.91. The molecule has 22 heavy (non-hydrogen) atoms. The lowest BCUT2D eigenvalue weighted by molar-refractivity contribution is -0.142. The molecule has 124 valence electrons. The molecule has 2 atom stereocenters. The van der Waals surface area contributed by atoms with Crippen molar-refractivity contribution in [2.75, 3.05) is 6.54 Å². The molecule has 0 aliphatic heterocycles. The Labute approximate surface area is 128 Å². The molecule has 0 aromatic rings. The average molecular weight is 314 g/mol. The first-order valence-corrected chi connectivity index (χ1v) is 6.67. The molecule has 0 aliphatic rings. The fourth-order valence-corrected chi connectivity index (χ4v) is 1.49. The molecular weight excluding hydrogens is 292 g/mol. The molecule has 0 aromatic carbocycles. The number of carboxylic acids is 1. The predicted molar refractivity (Wildman–Crippen MR) is 78.3 cm³/mol. The average Bonchev–Trinajstić information content (AvgIpc) is 2.40. The molecule has 0 saturated heterocycles. The SMILES string of the molecule is CC(C)C[C@H](NC(=O)[C@@H](N)CNC(=O)/C=C/C(N)=O)C(=O)O. The van der Waals surface area contributed by atoms with Crippen LogP contribution in [0.1, 0.15) is 20.3 Å². The lowest BCUT2D eigenvalue weighted by Crippen LogP contribution is -2.52. The van der Waals surface area contributed by atoms with Gasteiger partial charge in [0.15, 0.2) is 0 Å². The first-order chi connectivity index (χ1) is 10.1. The van der Waals surface area contributed by atoms with Crippen LogP contribution in [-0.4, -0.2) is 47.4 Å². The van der Waals surface area contributed by atoms with Crippen LogP contribution in [0.4, 0.5) is 0 Å². The van der Waals surface area contributed by atoms with Crippen molar-refractivity contribution in [1.29, 1.82) is 0 Å². The summed E-state index contributed by atoms with van der Waals surface area (Å²) >= 11 is 0. The molecule has 9 nitrogen and oxygen atoms in total. The maximum Gasteiger partial charge on any atom is 0.326 e. The lowest BCUT2D eigenvalue weighted by Gasteiger charge is -2.19. The third kappa shape index (κ3) is 8.69. The first kappa shape index (κ1) is 19.6. The Bertz CT molecular complexity index is 461. The quantitative estimate of drug-likeness (QED) is 0.311. The summed E-state index contributed by atoms with van der Waals surface area (Å²) in [5.41, 5.74) is 10.4. The van der Waals surface area contributed by atoms with Gasteiger partial charge < -0.3 is 27.2 Å². The lowest BCUT2D eigenvalue weighted by atomic mass is 10.0. The topological polar surface area (TPSA) is 165 Å². The zero-order valence-corrected chi connectivity index (χ0v) is 12.5. The van der Waals surface area contributed by atoms with Gasteiger partial charge in [0, 0.05) is 18.7 Å². The van der Waals surface area contributed by atoms with E-state index in [0.29, 0.717) is 0 Å². The summed E-state index contributed by atoms with van der Waals surface area (Å²) in [4.78, 5) is 44.5. The first-order valence-electron chi connectivity index (χ1n) is 6.67. The number of amides is 3. The largest absolute Gasteiger partial charge is 0.480 e. The second-order valence-corrected chi connectivity index (χ2v) is 5.12. The van der Waals surface area contributed by atoms with Crippen molar-refractivity contribution in [3.8, 4) is 0 Å². The van der Waals surface area contributed by atoms with Gasteiger partial charge in [-0.1, -0.05) is 13.8 Å². The van der Waals surface area contributed by atoms with E-state index in [2.05, 4.69) is 10.6 Å². The van der Waals surface area contributed by atoms with Crippen molar-refractivity contribution in [3.05, 3.63) is 12.2 Å². The molecule has 3 amide bonds. The monoisotopic (exact) mass is 314 g/mol. The Morgan fingerprint density at radius 2 is 1.77 bits per heavy atom. The molecule has 0 bridgehead atoms. The Morgan fingerprint density at radius 3 is 2.23 bits per heavy atom. The van der Waals surface area contributed by atoms with Gasteiger partial charge in [-0.3, -0.25) is 14.4 Å². The van der Waals surface area contributed by atoms with Gasteiger partial charge >= 0.3 is 5.97 Å². The molecule has 0 spiro atoms. The third-order valence-electron chi connectivity index (χ3n) is 2.55. The Kier molecular flexibility index (Phi) is 8.46. The summed E-state index contributed by atoms with van der Waals surface area (Å²) < 4.78 is 0. The van der Waals surface area contributed by atoms with Crippen molar-refractivity contribution in [1.82, 2.24) is 10.6 Å². The number of hydrogen-bond acceptors (Lipinski definition) is 5. The molecule has 9 heteroatoms. The fraction of sp³-hybridized carbons (Fsp3) is 0.538. The van der Waals surface area contributed by atoms with E-state index in [-0.39, 0.29) is 18.9 Å². The van der Waals surface area contributed by atoms with Crippen LogP contribution in [0.3, 0.4) is 0 Å². The normalized spacial score (nSPS) is 13.6. The molecule has 0 radical (unpaired) electrons. The second kappa shape index (κ2) is 9.50. The van der Waals surface area contributed by atoms with E-state index in [4.69, 9.17) is 16.6 Å². The van der Waals surface area contributed by atoms with E-state index >= 15 is 0 Å². The minimum absolute atomic E-state index is 0.0799. The highest BCUT2D eigenvalue weighted by Crippen LogP contribution is 2.05. The van der Waals surface area contributed by atoms with Gasteiger partial charge in [-0.05, 0) is 12.3 Å². The van der Waals surface area contributed by atoms with Crippen molar-refractivity contribution in [3.63, 3.8) is 0 Å². The summed E-state index contributed by atoms with van der Waals surface area (Å²) in [6.07, 6.45) is 2.04. The molecular formula is C13H22N4O5. The minimum atomic E-state index is -1.15. The Morgan fingerprint density at radius 1 is 1.18 bits per heavy atom. The van der Waals surface area contributed by atoms with E-state index in [9.17, 15) is 19.2 Å². The number of aliphatic carboxylic acids is 1. The van der Waals surface area contributed by atoms with Gasteiger partial charge in [-0.2, -0.15) is 0 Å². The van der Waals surface area contributed by atoms with Gasteiger partial charge in [-0.15, -0.1) is 0 Å². The highest BCUT2D eigenvalue weighted by molar-refractivity contribution is 5.96. The van der Waals surface area contributed by atoms with Crippen molar-refractivity contribution < 1.29 is 24.3 Å². The van der Waals surface area contributed by atoms with Gasteiger partial charge in [0.1, 0.15) is 12.1 Å². The summed E-state index contributed by atoms with van der Waals surface area (Å²) in [7, 11) is 0. The van der Waals surface area contributed by atoms with Crippen molar-refractivity contribution >= 4 is 23.7 Å². The number of carbonyl (C=O) groups is 4. The molecule has 0 aromatic heterocycles. The summed E-state index contributed by atoms with van der Waals surface area (Å²) in [5.74, 6) is -3.18. The van der Waals surface area contributed by atoms with Crippen LogP contribution < -0.4 is 22.1 Å². The third-order valence-corrected chi connectivity index (χ3v) is 2.55. The van der Waals surface area contributed by atoms with E-state index < -0.39 is 35.8 Å². The maximum atomic E-state index is 11.8. The minimum Gasteiger partial charge on any atom is -0.480 e. The number of hydrogen-bond donors (Lipinski definition) is 5. The molecule has 0 aliphatic carbocycles. The number of nitrogens with one attached hydrogen (secondary N) is 2. The van der Waals surface area contributed by atoms with Gasteiger partial charge in [0.25, 0.3) is 0 Å². The molecule has 0 fully saturated rings. The Hall–Kier alpha value is -2.42. The standard InChI is InChI=1S/C13H22N4O5/c1-7(2)5-9(13(21)22)17-12(20)8(14)6-16-11(19)4-3-10(15)18/h3-4,7-9H,5-6,14H2,1-2H3,(H2,15,18)(H,16,19)(H,17,20)(H,21,22)/b4-3+/t8-,9-/m0/s1. The van der Waals surface area contributed by atoms with E-state index in [0.717, 1.165) is 12.2 Å². The van der Waals surface area contributed by atoms with Crippen LogP contribution in [0.15, 0.2) is 12.2 Å². The molecule has 0 rings (SSSR count). The molecule has 0 saturated carbocycles. The van der Waals surface area contributed by atoms with Gasteiger partial charge in [-0.25, -0.2) is 4.79 Å². The number of carboxylic acid groups (broad SMARTS) is 1.